The van der Waals surface area contributed by atoms with Crippen LogP contribution < -0.4 is 5.32 Å². The molecule has 1 aromatic carbocycles. The summed E-state index contributed by atoms with van der Waals surface area (Å²) in [5, 5.41) is 3.68. The molecule has 2 nitrogen and oxygen atoms in total. The summed E-state index contributed by atoms with van der Waals surface area (Å²) in [5.74, 6) is 0.0348. The van der Waals surface area contributed by atoms with Gasteiger partial charge in [-0.25, -0.2) is 0 Å². The molecule has 0 spiro atoms. The topological polar surface area (TPSA) is 29.1 Å². The van der Waals surface area contributed by atoms with E-state index in [1.54, 1.807) is 12.1 Å². The second-order valence-electron chi connectivity index (χ2n) is 3.59. The fourth-order valence-electron chi connectivity index (χ4n) is 1.32. The van der Waals surface area contributed by atoms with Gasteiger partial charge in [-0.3, -0.25) is 4.79 Å². The zero-order valence-corrected chi connectivity index (χ0v) is 10.3. The first kappa shape index (κ1) is 12.9. The molecule has 1 rings (SSSR count). The van der Waals surface area contributed by atoms with Crippen molar-refractivity contribution in [2.24, 2.45) is 0 Å². The van der Waals surface area contributed by atoms with Crippen molar-refractivity contribution < 1.29 is 4.79 Å². The van der Waals surface area contributed by atoms with Crippen LogP contribution in [0.3, 0.4) is 0 Å². The molecule has 3 heteroatoms. The summed E-state index contributed by atoms with van der Waals surface area (Å²) >= 11 is 6.07. The van der Waals surface area contributed by atoms with Crippen LogP contribution in [0.5, 0.6) is 0 Å². The van der Waals surface area contributed by atoms with Gasteiger partial charge in [-0.15, -0.1) is 0 Å². The summed E-state index contributed by atoms with van der Waals surface area (Å²) < 4.78 is 0. The van der Waals surface area contributed by atoms with Gasteiger partial charge in [-0.1, -0.05) is 35.9 Å². The molecule has 0 amide bonds. The molecule has 0 saturated heterocycles. The Bertz CT molecular complexity index is 399. The third-order valence-corrected chi connectivity index (χ3v) is 2.59. The Balaban J connectivity index is 2.75. The Hall–Kier alpha value is -1.12. The molecular formula is C13H16ClNO. The van der Waals surface area contributed by atoms with Crippen LogP contribution in [0.15, 0.2) is 24.3 Å². The van der Waals surface area contributed by atoms with E-state index < -0.39 is 0 Å². The molecular weight excluding hydrogens is 222 g/mol. The number of ketones is 1. The fourth-order valence-corrected chi connectivity index (χ4v) is 1.56. The Morgan fingerprint density at radius 2 is 2.25 bits per heavy atom. The Labute approximate surface area is 101 Å². The molecule has 0 unspecified atom stereocenters. The quantitative estimate of drug-likeness (QED) is 0.630. The largest absolute Gasteiger partial charge is 0.319 e. The van der Waals surface area contributed by atoms with Crippen molar-refractivity contribution in [3.05, 3.63) is 40.4 Å². The van der Waals surface area contributed by atoms with E-state index in [1.165, 1.54) is 6.92 Å². The maximum absolute atomic E-state index is 11.1. The van der Waals surface area contributed by atoms with Gasteiger partial charge in [0, 0.05) is 10.6 Å². The molecule has 86 valence electrons. The molecule has 0 heterocycles. The number of rotatable bonds is 5. The van der Waals surface area contributed by atoms with Gasteiger partial charge in [0.15, 0.2) is 5.78 Å². The van der Waals surface area contributed by atoms with Crippen LogP contribution in [0.25, 0.3) is 6.08 Å². The number of hydrogen-bond acceptors (Lipinski definition) is 2. The van der Waals surface area contributed by atoms with Gasteiger partial charge in [0.25, 0.3) is 0 Å². The lowest BCUT2D eigenvalue weighted by molar-refractivity contribution is 0.101. The lowest BCUT2D eigenvalue weighted by Gasteiger charge is -2.01. The number of halogens is 1. The number of Topliss-reactive ketones (excluding diaryl/α,β-unsaturated/α-hetero) is 1. The van der Waals surface area contributed by atoms with Crippen molar-refractivity contribution in [2.45, 2.75) is 13.3 Å². The first-order valence-electron chi connectivity index (χ1n) is 5.26. The lowest BCUT2D eigenvalue weighted by atomic mass is 10.1. The minimum Gasteiger partial charge on any atom is -0.319 e. The Morgan fingerprint density at radius 1 is 1.50 bits per heavy atom. The van der Waals surface area contributed by atoms with Gasteiger partial charge in [-0.05, 0) is 38.6 Å². The molecule has 0 radical (unpaired) electrons. The zero-order valence-electron chi connectivity index (χ0n) is 9.59. The van der Waals surface area contributed by atoms with Crippen LogP contribution in [0, 0.1) is 0 Å². The predicted octanol–water partition coefficient (Wildman–Crippen LogP) is 3.17. The monoisotopic (exact) mass is 237 g/mol. The third kappa shape index (κ3) is 3.80. The summed E-state index contributed by atoms with van der Waals surface area (Å²) in [6.07, 6.45) is 5.00. The van der Waals surface area contributed by atoms with E-state index >= 15 is 0 Å². The van der Waals surface area contributed by atoms with E-state index in [1.807, 2.05) is 19.2 Å². The molecule has 0 aliphatic rings. The van der Waals surface area contributed by atoms with E-state index in [9.17, 15) is 4.79 Å². The summed E-state index contributed by atoms with van der Waals surface area (Å²) in [5.41, 5.74) is 1.60. The normalized spacial score (nSPS) is 10.9. The maximum Gasteiger partial charge on any atom is 0.159 e. The number of carbonyl (C=O) groups is 1. The van der Waals surface area contributed by atoms with Crippen molar-refractivity contribution in [3.63, 3.8) is 0 Å². The standard InChI is InChI=1S/C13H16ClNO/c1-10(16)12-7-6-11(13(14)9-12)5-3-4-8-15-2/h3,5-7,9,15H,4,8H2,1-2H3. The van der Waals surface area contributed by atoms with Crippen LogP contribution in [-0.4, -0.2) is 19.4 Å². The van der Waals surface area contributed by atoms with Gasteiger partial charge in [0.2, 0.25) is 0 Å². The molecule has 0 saturated carbocycles. The molecule has 1 N–H and O–H groups in total. The number of benzene rings is 1. The Kier molecular flexibility index (Phi) is 5.23. The highest BCUT2D eigenvalue weighted by Crippen LogP contribution is 2.19. The lowest BCUT2D eigenvalue weighted by Crippen LogP contribution is -2.05. The second-order valence-corrected chi connectivity index (χ2v) is 3.99. The Morgan fingerprint density at radius 3 is 2.81 bits per heavy atom. The molecule has 0 fully saturated rings. The first-order valence-corrected chi connectivity index (χ1v) is 5.64. The molecule has 1 aromatic rings. The van der Waals surface area contributed by atoms with Gasteiger partial charge in [-0.2, -0.15) is 0 Å². The zero-order chi connectivity index (χ0) is 12.0. The van der Waals surface area contributed by atoms with E-state index in [2.05, 4.69) is 11.4 Å². The van der Waals surface area contributed by atoms with E-state index in [0.29, 0.717) is 10.6 Å². The number of carbonyl (C=O) groups excluding carboxylic acids is 1. The van der Waals surface area contributed by atoms with Crippen LogP contribution in [0.4, 0.5) is 0 Å². The van der Waals surface area contributed by atoms with Crippen molar-refractivity contribution in [3.8, 4) is 0 Å². The second kappa shape index (κ2) is 6.46. The maximum atomic E-state index is 11.1. The summed E-state index contributed by atoms with van der Waals surface area (Å²) in [7, 11) is 1.92. The molecule has 16 heavy (non-hydrogen) atoms. The van der Waals surface area contributed by atoms with Crippen LogP contribution >= 0.6 is 11.6 Å². The van der Waals surface area contributed by atoms with E-state index in [4.69, 9.17) is 11.6 Å². The average Bonchev–Trinajstić information content (AvgIpc) is 2.26. The van der Waals surface area contributed by atoms with Crippen molar-refractivity contribution in [2.75, 3.05) is 13.6 Å². The van der Waals surface area contributed by atoms with Crippen molar-refractivity contribution >= 4 is 23.5 Å². The van der Waals surface area contributed by atoms with E-state index in [0.717, 1.165) is 18.5 Å². The van der Waals surface area contributed by atoms with Gasteiger partial charge in [0.1, 0.15) is 0 Å². The van der Waals surface area contributed by atoms with Crippen LogP contribution in [0.2, 0.25) is 5.02 Å². The highest BCUT2D eigenvalue weighted by Gasteiger charge is 2.02. The highest BCUT2D eigenvalue weighted by molar-refractivity contribution is 6.32. The first-order chi connectivity index (χ1) is 7.65. The summed E-state index contributed by atoms with van der Waals surface area (Å²) in [6.45, 7) is 2.48. The predicted molar refractivity (Wildman–Crippen MR) is 69.0 cm³/mol. The SMILES string of the molecule is CNCCC=Cc1ccc(C(C)=O)cc1Cl. The van der Waals surface area contributed by atoms with E-state index in [-0.39, 0.29) is 5.78 Å². The van der Waals surface area contributed by atoms with Gasteiger partial charge >= 0.3 is 0 Å². The molecule has 0 aliphatic heterocycles. The smallest absolute Gasteiger partial charge is 0.159 e. The number of nitrogens with one attached hydrogen (secondary N) is 1. The van der Waals surface area contributed by atoms with Crippen molar-refractivity contribution in [1.82, 2.24) is 5.32 Å². The fraction of sp³-hybridized carbons (Fsp3) is 0.308. The van der Waals surface area contributed by atoms with Crippen molar-refractivity contribution in [1.29, 1.82) is 0 Å². The molecule has 0 aliphatic carbocycles. The van der Waals surface area contributed by atoms with Gasteiger partial charge < -0.3 is 5.32 Å². The average molecular weight is 238 g/mol. The molecule has 0 atom stereocenters. The third-order valence-electron chi connectivity index (χ3n) is 2.27. The number of hydrogen-bond donors (Lipinski definition) is 1. The van der Waals surface area contributed by atoms with Gasteiger partial charge in [0.05, 0.1) is 0 Å². The summed E-state index contributed by atoms with van der Waals surface area (Å²) in [4.78, 5) is 11.1. The minimum absolute atomic E-state index is 0.0348. The molecule has 0 bridgehead atoms. The van der Waals surface area contributed by atoms with Crippen LogP contribution in [-0.2, 0) is 0 Å². The van der Waals surface area contributed by atoms with Crippen LogP contribution in [0.1, 0.15) is 29.3 Å². The highest BCUT2D eigenvalue weighted by atomic mass is 35.5. The molecule has 0 aromatic heterocycles. The minimum atomic E-state index is 0.0348. The summed E-state index contributed by atoms with van der Waals surface area (Å²) in [6, 6.07) is 5.38.